The van der Waals surface area contributed by atoms with Gasteiger partial charge in [0.05, 0.1) is 6.54 Å². The zero-order valence-electron chi connectivity index (χ0n) is 11.3. The standard InChI is InChI=1S/C12H24F3N3/c1-3-11(16,4-2)9-17-5-7-18(8-6-17)10-12(13,14)15/h3-10,16H2,1-2H3. The molecule has 0 amide bonds. The third kappa shape index (κ3) is 5.12. The number of alkyl halides is 3. The van der Waals surface area contributed by atoms with Crippen LogP contribution in [0.1, 0.15) is 26.7 Å². The van der Waals surface area contributed by atoms with Gasteiger partial charge in [-0.15, -0.1) is 0 Å². The van der Waals surface area contributed by atoms with Crippen LogP contribution in [0.25, 0.3) is 0 Å². The SMILES string of the molecule is CCC(N)(CC)CN1CCN(CC(F)(F)F)CC1. The molecule has 0 aliphatic carbocycles. The highest BCUT2D eigenvalue weighted by molar-refractivity contribution is 4.87. The van der Waals surface area contributed by atoms with Crippen LogP contribution in [0.15, 0.2) is 0 Å². The largest absolute Gasteiger partial charge is 0.401 e. The topological polar surface area (TPSA) is 32.5 Å². The molecule has 108 valence electrons. The molecule has 1 aliphatic heterocycles. The highest BCUT2D eigenvalue weighted by Crippen LogP contribution is 2.19. The minimum Gasteiger partial charge on any atom is -0.324 e. The van der Waals surface area contributed by atoms with Crippen LogP contribution in [0.5, 0.6) is 0 Å². The zero-order chi connectivity index (χ0) is 13.8. The van der Waals surface area contributed by atoms with Crippen molar-refractivity contribution in [3.63, 3.8) is 0 Å². The third-order valence-corrected chi connectivity index (χ3v) is 3.81. The van der Waals surface area contributed by atoms with Gasteiger partial charge in [-0.05, 0) is 12.8 Å². The van der Waals surface area contributed by atoms with Crippen LogP contribution < -0.4 is 5.73 Å². The van der Waals surface area contributed by atoms with Crippen LogP contribution in [-0.2, 0) is 0 Å². The number of hydrogen-bond acceptors (Lipinski definition) is 3. The summed E-state index contributed by atoms with van der Waals surface area (Å²) in [5.41, 5.74) is 6.03. The Morgan fingerprint density at radius 1 is 0.889 bits per heavy atom. The van der Waals surface area contributed by atoms with Crippen molar-refractivity contribution in [2.24, 2.45) is 5.73 Å². The average Bonchev–Trinajstić information content (AvgIpc) is 2.30. The molecule has 0 aromatic rings. The van der Waals surface area contributed by atoms with Gasteiger partial charge in [-0.1, -0.05) is 13.8 Å². The molecule has 1 fully saturated rings. The second kappa shape index (κ2) is 6.21. The van der Waals surface area contributed by atoms with Gasteiger partial charge in [-0.3, -0.25) is 9.80 Å². The zero-order valence-corrected chi connectivity index (χ0v) is 11.3. The molecule has 0 aromatic heterocycles. The molecule has 0 spiro atoms. The fourth-order valence-electron chi connectivity index (χ4n) is 2.28. The minimum atomic E-state index is -4.09. The highest BCUT2D eigenvalue weighted by Gasteiger charge is 2.33. The van der Waals surface area contributed by atoms with E-state index in [-0.39, 0.29) is 5.54 Å². The molecule has 1 rings (SSSR count). The monoisotopic (exact) mass is 267 g/mol. The minimum absolute atomic E-state index is 0.202. The Kier molecular flexibility index (Phi) is 5.43. The molecule has 0 saturated carbocycles. The molecular weight excluding hydrogens is 243 g/mol. The molecule has 0 atom stereocenters. The van der Waals surface area contributed by atoms with Crippen molar-refractivity contribution in [1.82, 2.24) is 9.80 Å². The van der Waals surface area contributed by atoms with Gasteiger partial charge in [-0.25, -0.2) is 0 Å². The van der Waals surface area contributed by atoms with Gasteiger partial charge >= 0.3 is 6.18 Å². The van der Waals surface area contributed by atoms with E-state index in [4.69, 9.17) is 5.73 Å². The molecule has 0 bridgehead atoms. The third-order valence-electron chi connectivity index (χ3n) is 3.81. The summed E-state index contributed by atoms with van der Waals surface area (Å²) in [6.07, 6.45) is -2.30. The first-order valence-corrected chi connectivity index (χ1v) is 6.58. The van der Waals surface area contributed by atoms with Crippen LogP contribution in [0.3, 0.4) is 0 Å². The number of hydrogen-bond donors (Lipinski definition) is 1. The van der Waals surface area contributed by atoms with Gasteiger partial charge < -0.3 is 5.73 Å². The smallest absolute Gasteiger partial charge is 0.324 e. The van der Waals surface area contributed by atoms with E-state index in [1.165, 1.54) is 4.90 Å². The molecule has 1 heterocycles. The summed E-state index contributed by atoms with van der Waals surface area (Å²) in [5.74, 6) is 0. The van der Waals surface area contributed by atoms with Crippen molar-refractivity contribution in [3.05, 3.63) is 0 Å². The highest BCUT2D eigenvalue weighted by atomic mass is 19.4. The average molecular weight is 267 g/mol. The molecular formula is C12H24F3N3. The molecule has 0 radical (unpaired) electrons. The predicted octanol–water partition coefficient (Wildman–Crippen LogP) is 1.68. The van der Waals surface area contributed by atoms with E-state index < -0.39 is 12.7 Å². The van der Waals surface area contributed by atoms with Crippen molar-refractivity contribution >= 4 is 0 Å². The molecule has 1 aliphatic rings. The first-order chi connectivity index (χ1) is 8.28. The summed E-state index contributed by atoms with van der Waals surface area (Å²) < 4.78 is 36.7. The molecule has 0 aromatic carbocycles. The summed E-state index contributed by atoms with van der Waals surface area (Å²) in [7, 11) is 0. The van der Waals surface area contributed by atoms with Gasteiger partial charge in [0.1, 0.15) is 0 Å². The van der Waals surface area contributed by atoms with Crippen LogP contribution in [0.4, 0.5) is 13.2 Å². The molecule has 18 heavy (non-hydrogen) atoms. The van der Waals surface area contributed by atoms with E-state index in [1.54, 1.807) is 0 Å². The quantitative estimate of drug-likeness (QED) is 0.822. The number of nitrogens with two attached hydrogens (primary N) is 1. The summed E-state index contributed by atoms with van der Waals surface area (Å²) in [5, 5.41) is 0. The Morgan fingerprint density at radius 3 is 1.61 bits per heavy atom. The second-order valence-corrected chi connectivity index (χ2v) is 5.24. The lowest BCUT2D eigenvalue weighted by atomic mass is 9.93. The molecule has 6 heteroatoms. The van der Waals surface area contributed by atoms with Gasteiger partial charge in [0, 0.05) is 38.3 Å². The van der Waals surface area contributed by atoms with E-state index in [9.17, 15) is 13.2 Å². The van der Waals surface area contributed by atoms with Gasteiger partial charge in [-0.2, -0.15) is 13.2 Å². The maximum Gasteiger partial charge on any atom is 0.401 e. The summed E-state index contributed by atoms with van der Waals surface area (Å²) >= 11 is 0. The number of rotatable bonds is 5. The van der Waals surface area contributed by atoms with E-state index in [1.807, 2.05) is 0 Å². The fraction of sp³-hybridized carbons (Fsp3) is 1.00. The van der Waals surface area contributed by atoms with Crippen molar-refractivity contribution in [3.8, 4) is 0 Å². The van der Waals surface area contributed by atoms with Crippen molar-refractivity contribution < 1.29 is 13.2 Å². The van der Waals surface area contributed by atoms with Crippen LogP contribution >= 0.6 is 0 Å². The maximum atomic E-state index is 12.2. The lowest BCUT2D eigenvalue weighted by Gasteiger charge is -2.39. The fourth-order valence-corrected chi connectivity index (χ4v) is 2.28. The molecule has 3 nitrogen and oxygen atoms in total. The van der Waals surface area contributed by atoms with Crippen LogP contribution in [0.2, 0.25) is 0 Å². The van der Waals surface area contributed by atoms with E-state index in [0.717, 1.165) is 19.4 Å². The Hall–Kier alpha value is -0.330. The van der Waals surface area contributed by atoms with Crippen molar-refractivity contribution in [2.75, 3.05) is 39.3 Å². The molecule has 0 unspecified atom stereocenters. The van der Waals surface area contributed by atoms with Crippen LogP contribution in [0, 0.1) is 0 Å². The Morgan fingerprint density at radius 2 is 1.28 bits per heavy atom. The first-order valence-electron chi connectivity index (χ1n) is 6.58. The number of nitrogens with zero attached hydrogens (tertiary/aromatic N) is 2. The number of halogens is 3. The summed E-state index contributed by atoms with van der Waals surface area (Å²) in [6, 6.07) is 0. The normalized spacial score (nSPS) is 20.3. The lowest BCUT2D eigenvalue weighted by Crippen LogP contribution is -2.55. The van der Waals surface area contributed by atoms with Gasteiger partial charge in [0.15, 0.2) is 0 Å². The Labute approximate surface area is 107 Å². The summed E-state index contributed by atoms with van der Waals surface area (Å²) in [6.45, 7) is 6.40. The predicted molar refractivity (Wildman–Crippen MR) is 66.4 cm³/mol. The van der Waals surface area contributed by atoms with Gasteiger partial charge in [0.2, 0.25) is 0 Å². The van der Waals surface area contributed by atoms with E-state index in [2.05, 4.69) is 18.7 Å². The summed E-state index contributed by atoms with van der Waals surface area (Å²) in [4.78, 5) is 3.65. The Bertz CT molecular complexity index is 243. The maximum absolute atomic E-state index is 12.2. The lowest BCUT2D eigenvalue weighted by molar-refractivity contribution is -0.149. The van der Waals surface area contributed by atoms with Crippen molar-refractivity contribution in [1.29, 1.82) is 0 Å². The van der Waals surface area contributed by atoms with Crippen molar-refractivity contribution in [2.45, 2.75) is 38.4 Å². The van der Waals surface area contributed by atoms with Crippen LogP contribution in [-0.4, -0.2) is 60.8 Å². The Balaban J connectivity index is 2.35. The number of piperazine rings is 1. The second-order valence-electron chi connectivity index (χ2n) is 5.24. The molecule has 2 N–H and O–H groups in total. The first kappa shape index (κ1) is 15.7. The molecule has 1 saturated heterocycles. The van der Waals surface area contributed by atoms with E-state index in [0.29, 0.717) is 26.2 Å². The van der Waals surface area contributed by atoms with E-state index >= 15 is 0 Å². The van der Waals surface area contributed by atoms with Gasteiger partial charge in [0.25, 0.3) is 0 Å².